The monoisotopic (exact) mass is 675 g/mol. The van der Waals surface area contributed by atoms with Gasteiger partial charge < -0.3 is 43.4 Å². The van der Waals surface area contributed by atoms with Gasteiger partial charge >= 0.3 is 0 Å². The molecule has 14 heteroatoms. The van der Waals surface area contributed by atoms with Crippen LogP contribution in [0, 0.1) is 5.92 Å². The number of primary amides is 1. The highest BCUT2D eigenvalue weighted by Gasteiger charge is 2.50. The molecule has 0 aromatic heterocycles. The Morgan fingerprint density at radius 1 is 0.918 bits per heavy atom. The first kappa shape index (κ1) is 35.6. The van der Waals surface area contributed by atoms with E-state index >= 15 is 0 Å². The number of fused-ring (bicyclic) bond motifs is 2. The zero-order chi connectivity index (χ0) is 35.1. The smallest absolute Gasteiger partial charge is 0.246 e. The van der Waals surface area contributed by atoms with Crippen molar-refractivity contribution in [3.63, 3.8) is 0 Å². The average Bonchev–Trinajstić information content (AvgIpc) is 3.74. The number of benzene rings is 2. The van der Waals surface area contributed by atoms with Gasteiger partial charge in [0.15, 0.2) is 5.96 Å². The van der Waals surface area contributed by atoms with Gasteiger partial charge in [-0.2, -0.15) is 0 Å². The lowest BCUT2D eigenvalue weighted by Gasteiger charge is -2.36. The van der Waals surface area contributed by atoms with E-state index in [-0.39, 0.29) is 42.7 Å². The van der Waals surface area contributed by atoms with Crippen LogP contribution in [0.4, 0.5) is 0 Å². The molecule has 49 heavy (non-hydrogen) atoms. The molecule has 1 saturated carbocycles. The summed E-state index contributed by atoms with van der Waals surface area (Å²) in [6.45, 7) is 0.344. The lowest BCUT2D eigenvalue weighted by Crippen LogP contribution is -2.57. The SMILES string of the molecule is NC(=O)[C@H](Cc1ccc2ccccc2c1)NC(=O)CNC(=O)[C@@H]1CCCN1C(=O)[C@@H]1C[C@@H]2CCCC[C@@H]2N1C(=O)[C@H](N)CCCN=C(N)N. The average molecular weight is 676 g/mol. The van der Waals surface area contributed by atoms with Gasteiger partial charge in [0.1, 0.15) is 18.1 Å². The Kier molecular flexibility index (Phi) is 11.7. The lowest BCUT2D eigenvalue weighted by atomic mass is 9.84. The van der Waals surface area contributed by atoms with Crippen LogP contribution in [0.15, 0.2) is 47.5 Å². The molecule has 6 atom stereocenters. The highest BCUT2D eigenvalue weighted by atomic mass is 16.2. The number of nitrogens with one attached hydrogen (secondary N) is 2. The highest BCUT2D eigenvalue weighted by Crippen LogP contribution is 2.41. The Morgan fingerprint density at radius 3 is 2.43 bits per heavy atom. The second-order valence-corrected chi connectivity index (χ2v) is 13.5. The first-order valence-corrected chi connectivity index (χ1v) is 17.3. The fourth-order valence-electron chi connectivity index (χ4n) is 7.68. The van der Waals surface area contributed by atoms with Crippen LogP contribution in [-0.4, -0.2) is 95.1 Å². The Balaban J connectivity index is 1.19. The molecule has 10 N–H and O–H groups in total. The van der Waals surface area contributed by atoms with Crippen molar-refractivity contribution >= 4 is 46.3 Å². The predicted molar refractivity (Wildman–Crippen MR) is 185 cm³/mol. The third kappa shape index (κ3) is 8.66. The Hall–Kier alpha value is -4.72. The fraction of sp³-hybridized carbons (Fsp3) is 0.543. The second-order valence-electron chi connectivity index (χ2n) is 13.5. The quantitative estimate of drug-likeness (QED) is 0.0959. The number of aliphatic imine (C=N–C) groups is 1. The van der Waals surface area contributed by atoms with Crippen molar-refractivity contribution in [2.75, 3.05) is 19.6 Å². The van der Waals surface area contributed by atoms with Gasteiger partial charge in [-0.15, -0.1) is 0 Å². The fourth-order valence-corrected chi connectivity index (χ4v) is 7.68. The van der Waals surface area contributed by atoms with Gasteiger partial charge in [-0.25, -0.2) is 0 Å². The summed E-state index contributed by atoms with van der Waals surface area (Å²) < 4.78 is 0. The third-order valence-corrected chi connectivity index (χ3v) is 10.1. The number of hydrogen-bond donors (Lipinski definition) is 6. The Morgan fingerprint density at radius 2 is 1.67 bits per heavy atom. The summed E-state index contributed by atoms with van der Waals surface area (Å²) in [5.41, 5.74) is 23.6. The zero-order valence-electron chi connectivity index (χ0n) is 27.9. The van der Waals surface area contributed by atoms with Gasteiger partial charge in [-0.1, -0.05) is 55.3 Å². The number of likely N-dealkylation sites (tertiary alicyclic amines) is 2. The van der Waals surface area contributed by atoms with E-state index < -0.39 is 41.9 Å². The van der Waals surface area contributed by atoms with Crippen LogP contribution in [0.25, 0.3) is 10.8 Å². The van der Waals surface area contributed by atoms with Crippen LogP contribution in [-0.2, 0) is 30.4 Å². The minimum absolute atomic E-state index is 0.0215. The summed E-state index contributed by atoms with van der Waals surface area (Å²) in [5, 5.41) is 7.34. The molecule has 0 unspecified atom stereocenters. The Bertz CT molecular complexity index is 1580. The van der Waals surface area contributed by atoms with Gasteiger partial charge in [0.2, 0.25) is 29.5 Å². The molecule has 264 valence electrons. The maximum atomic E-state index is 14.1. The number of carbonyl (C=O) groups is 5. The van der Waals surface area contributed by atoms with Crippen molar-refractivity contribution in [1.82, 2.24) is 20.4 Å². The molecular weight excluding hydrogens is 626 g/mol. The molecule has 3 aliphatic rings. The van der Waals surface area contributed by atoms with E-state index in [1.807, 2.05) is 42.5 Å². The van der Waals surface area contributed by atoms with E-state index in [0.29, 0.717) is 45.2 Å². The summed E-state index contributed by atoms with van der Waals surface area (Å²) in [5.74, 6) is -2.07. The van der Waals surface area contributed by atoms with Crippen LogP contribution >= 0.6 is 0 Å². The maximum absolute atomic E-state index is 14.1. The molecule has 2 aromatic carbocycles. The van der Waals surface area contributed by atoms with Crippen LogP contribution in [0.5, 0.6) is 0 Å². The predicted octanol–water partition coefficient (Wildman–Crippen LogP) is 0.000200. The Labute approximate surface area is 286 Å². The number of guanidine groups is 1. The standard InChI is InChI=1S/C35H49N9O5/c36-25(10-5-15-40-35(38)39)33(48)44-27-11-4-3-9-24(27)19-29(44)34(49)43-16-6-12-28(43)32(47)41-20-30(45)42-26(31(37)46)18-21-13-14-22-7-1-2-8-23(22)17-21/h1-2,7-8,13-14,17,24-29H,3-6,9-12,15-16,18-20,36H2,(H2,37,46)(H,41,47)(H,42,45)(H4,38,39,40)/t24-,25+,26-,27-,28-,29-/m0/s1. The summed E-state index contributed by atoms with van der Waals surface area (Å²) in [6, 6.07) is 10.3. The molecule has 3 fully saturated rings. The first-order valence-electron chi connectivity index (χ1n) is 17.3. The minimum atomic E-state index is -0.970. The molecule has 0 radical (unpaired) electrons. The number of rotatable bonds is 13. The van der Waals surface area contributed by atoms with Crippen LogP contribution in [0.3, 0.4) is 0 Å². The molecule has 0 spiro atoms. The van der Waals surface area contributed by atoms with Crippen molar-refractivity contribution < 1.29 is 24.0 Å². The van der Waals surface area contributed by atoms with Gasteiger partial charge in [-0.3, -0.25) is 29.0 Å². The molecule has 1 aliphatic carbocycles. The van der Waals surface area contributed by atoms with E-state index in [2.05, 4.69) is 15.6 Å². The zero-order valence-corrected chi connectivity index (χ0v) is 27.9. The van der Waals surface area contributed by atoms with Gasteiger partial charge in [-0.05, 0) is 67.2 Å². The molecule has 2 heterocycles. The van der Waals surface area contributed by atoms with E-state index in [9.17, 15) is 24.0 Å². The first-order chi connectivity index (χ1) is 23.5. The number of hydrogen-bond acceptors (Lipinski definition) is 7. The van der Waals surface area contributed by atoms with Crippen LogP contribution in [0.2, 0.25) is 0 Å². The molecule has 14 nitrogen and oxygen atoms in total. The van der Waals surface area contributed by atoms with Gasteiger partial charge in [0.25, 0.3) is 0 Å². The summed E-state index contributed by atoms with van der Waals surface area (Å²) in [6.07, 6.45) is 6.45. The highest BCUT2D eigenvalue weighted by molar-refractivity contribution is 5.95. The number of amides is 5. The van der Waals surface area contributed by atoms with Crippen LogP contribution in [0.1, 0.15) is 63.4 Å². The molecule has 2 aliphatic heterocycles. The lowest BCUT2D eigenvalue weighted by molar-refractivity contribution is -0.148. The van der Waals surface area contributed by atoms with Gasteiger partial charge in [0, 0.05) is 25.6 Å². The summed E-state index contributed by atoms with van der Waals surface area (Å²) in [4.78, 5) is 73.6. The number of carbonyl (C=O) groups excluding carboxylic acids is 5. The molecule has 5 rings (SSSR count). The van der Waals surface area contributed by atoms with E-state index in [1.54, 1.807) is 9.80 Å². The summed E-state index contributed by atoms with van der Waals surface area (Å²) >= 11 is 0. The largest absolute Gasteiger partial charge is 0.370 e. The maximum Gasteiger partial charge on any atom is 0.246 e. The van der Waals surface area contributed by atoms with Crippen molar-refractivity contribution in [1.29, 1.82) is 0 Å². The van der Waals surface area contributed by atoms with E-state index in [0.717, 1.165) is 42.0 Å². The third-order valence-electron chi connectivity index (χ3n) is 10.1. The second kappa shape index (κ2) is 16.1. The van der Waals surface area contributed by atoms with E-state index in [4.69, 9.17) is 22.9 Å². The van der Waals surface area contributed by atoms with Crippen molar-refractivity contribution in [2.45, 2.75) is 94.4 Å². The van der Waals surface area contributed by atoms with Crippen LogP contribution < -0.4 is 33.6 Å². The normalized spacial score (nSPS) is 23.0. The van der Waals surface area contributed by atoms with Crippen molar-refractivity contribution in [2.24, 2.45) is 33.8 Å². The van der Waals surface area contributed by atoms with Gasteiger partial charge in [0.05, 0.1) is 12.6 Å². The molecule has 5 amide bonds. The number of nitrogens with zero attached hydrogens (tertiary/aromatic N) is 3. The van der Waals surface area contributed by atoms with E-state index in [1.165, 1.54) is 0 Å². The topological polar surface area (TPSA) is 232 Å². The number of nitrogens with two attached hydrogens (primary N) is 4. The molecule has 2 saturated heterocycles. The van der Waals surface area contributed by atoms with Crippen molar-refractivity contribution in [3.05, 3.63) is 48.0 Å². The minimum Gasteiger partial charge on any atom is -0.370 e. The molecule has 2 aromatic rings. The van der Waals surface area contributed by atoms with Crippen molar-refractivity contribution in [3.8, 4) is 0 Å². The summed E-state index contributed by atoms with van der Waals surface area (Å²) in [7, 11) is 0. The molecular formula is C35H49N9O5. The molecule has 0 bridgehead atoms.